The maximum atomic E-state index is 10.6. The Bertz CT molecular complexity index is 656. The van der Waals surface area contributed by atoms with Gasteiger partial charge in [0.2, 0.25) is 0 Å². The van der Waals surface area contributed by atoms with Crippen molar-refractivity contribution in [2.45, 2.75) is 0 Å². The standard InChI is InChI=1S/C9H5ClN4O5/c10-5-2-1-3-11-8(5)13-7(19-9(15)16)4-6(12-13)14(17)18/h1-4H,(H,15,16). The smallest absolute Gasteiger partial charge is 0.449 e. The first-order valence-electron chi connectivity index (χ1n) is 4.75. The Morgan fingerprint density at radius 1 is 1.58 bits per heavy atom. The Hall–Kier alpha value is -2.68. The van der Waals surface area contributed by atoms with Crippen molar-refractivity contribution in [2.75, 3.05) is 0 Å². The van der Waals surface area contributed by atoms with E-state index >= 15 is 0 Å². The van der Waals surface area contributed by atoms with Gasteiger partial charge in [0.1, 0.15) is 6.07 Å². The number of nitrogens with zero attached hydrogens (tertiary/aromatic N) is 4. The highest BCUT2D eigenvalue weighted by Gasteiger charge is 2.24. The second kappa shape index (κ2) is 4.90. The molecule has 0 aromatic carbocycles. The van der Waals surface area contributed by atoms with Crippen molar-refractivity contribution in [3.63, 3.8) is 0 Å². The van der Waals surface area contributed by atoms with E-state index in [2.05, 4.69) is 14.8 Å². The molecule has 0 spiro atoms. The highest BCUT2D eigenvalue weighted by Crippen LogP contribution is 2.26. The van der Waals surface area contributed by atoms with E-state index in [-0.39, 0.29) is 16.7 Å². The van der Waals surface area contributed by atoms with Crippen LogP contribution in [-0.4, -0.2) is 30.9 Å². The lowest BCUT2D eigenvalue weighted by molar-refractivity contribution is -0.389. The third-order valence-corrected chi connectivity index (χ3v) is 2.28. The molecule has 0 unspecified atom stereocenters. The van der Waals surface area contributed by atoms with E-state index in [1.807, 2.05) is 0 Å². The lowest BCUT2D eigenvalue weighted by Gasteiger charge is -2.01. The zero-order valence-corrected chi connectivity index (χ0v) is 9.81. The maximum Gasteiger partial charge on any atom is 0.512 e. The first kappa shape index (κ1) is 12.8. The molecule has 2 rings (SSSR count). The second-order valence-electron chi connectivity index (χ2n) is 3.19. The molecule has 0 bridgehead atoms. The van der Waals surface area contributed by atoms with Crippen molar-refractivity contribution in [1.29, 1.82) is 0 Å². The molecule has 0 aliphatic heterocycles. The first-order chi connectivity index (χ1) is 8.99. The van der Waals surface area contributed by atoms with Crippen molar-refractivity contribution in [1.82, 2.24) is 14.8 Å². The molecule has 9 nitrogen and oxygen atoms in total. The molecule has 0 saturated heterocycles. The average molecular weight is 285 g/mol. The molecule has 0 fully saturated rings. The molecular weight excluding hydrogens is 280 g/mol. The van der Waals surface area contributed by atoms with E-state index in [0.29, 0.717) is 0 Å². The Labute approximate surface area is 110 Å². The van der Waals surface area contributed by atoms with Crippen LogP contribution in [0.1, 0.15) is 0 Å². The molecule has 2 heterocycles. The van der Waals surface area contributed by atoms with Crippen molar-refractivity contribution in [3.05, 3.63) is 39.5 Å². The van der Waals surface area contributed by atoms with Crippen LogP contribution in [0.4, 0.5) is 10.6 Å². The largest absolute Gasteiger partial charge is 0.512 e. The van der Waals surface area contributed by atoms with Gasteiger partial charge < -0.3 is 20.0 Å². The van der Waals surface area contributed by atoms with Crippen LogP contribution in [0.3, 0.4) is 0 Å². The summed E-state index contributed by atoms with van der Waals surface area (Å²) in [5.74, 6) is -0.939. The molecule has 0 radical (unpaired) electrons. The summed E-state index contributed by atoms with van der Waals surface area (Å²) in [6.45, 7) is 0. The topological polar surface area (TPSA) is 120 Å². The van der Waals surface area contributed by atoms with Gasteiger partial charge in [-0.15, -0.1) is 0 Å². The number of hydrogen-bond donors (Lipinski definition) is 1. The van der Waals surface area contributed by atoms with E-state index in [0.717, 1.165) is 10.7 Å². The maximum absolute atomic E-state index is 10.6. The predicted molar refractivity (Wildman–Crippen MR) is 61.7 cm³/mol. The highest BCUT2D eigenvalue weighted by atomic mass is 35.5. The summed E-state index contributed by atoms with van der Waals surface area (Å²) in [5, 5.41) is 22.9. The van der Waals surface area contributed by atoms with Crippen LogP contribution in [0.2, 0.25) is 5.02 Å². The van der Waals surface area contributed by atoms with Gasteiger partial charge in [-0.2, -0.15) is 0 Å². The Morgan fingerprint density at radius 2 is 2.32 bits per heavy atom. The van der Waals surface area contributed by atoms with E-state index in [1.165, 1.54) is 12.3 Å². The minimum atomic E-state index is -1.64. The van der Waals surface area contributed by atoms with Crippen LogP contribution in [0.15, 0.2) is 24.4 Å². The fraction of sp³-hybridized carbons (Fsp3) is 0. The van der Waals surface area contributed by atoms with Crippen LogP contribution >= 0.6 is 11.6 Å². The number of aromatic nitrogens is 3. The highest BCUT2D eigenvalue weighted by molar-refractivity contribution is 6.32. The van der Waals surface area contributed by atoms with Crippen LogP contribution in [0, 0.1) is 10.1 Å². The fourth-order valence-electron chi connectivity index (χ4n) is 1.29. The van der Waals surface area contributed by atoms with Gasteiger partial charge in [-0.1, -0.05) is 16.3 Å². The van der Waals surface area contributed by atoms with Crippen molar-refractivity contribution in [3.8, 4) is 11.7 Å². The number of halogens is 1. The Kier molecular flexibility index (Phi) is 3.29. The Morgan fingerprint density at radius 3 is 2.89 bits per heavy atom. The minimum Gasteiger partial charge on any atom is -0.449 e. The molecule has 0 amide bonds. The molecule has 0 aliphatic carbocycles. The molecule has 0 atom stereocenters. The summed E-state index contributed by atoms with van der Waals surface area (Å²) >= 11 is 5.86. The molecule has 10 heteroatoms. The first-order valence-corrected chi connectivity index (χ1v) is 5.13. The minimum absolute atomic E-state index is 0.0218. The summed E-state index contributed by atoms with van der Waals surface area (Å²) in [4.78, 5) is 24.2. The van der Waals surface area contributed by atoms with Gasteiger partial charge in [-0.3, -0.25) is 0 Å². The Balaban J connectivity index is 2.57. The van der Waals surface area contributed by atoms with Crippen molar-refractivity contribution in [2.24, 2.45) is 0 Å². The number of nitro groups is 1. The van der Waals surface area contributed by atoms with Crippen LogP contribution in [0.25, 0.3) is 5.82 Å². The summed E-state index contributed by atoms with van der Waals surface area (Å²) < 4.78 is 5.24. The number of pyridine rings is 1. The lowest BCUT2D eigenvalue weighted by Crippen LogP contribution is -2.09. The number of ether oxygens (including phenoxy) is 1. The number of rotatable bonds is 3. The van der Waals surface area contributed by atoms with Gasteiger partial charge in [0, 0.05) is 6.20 Å². The molecule has 1 N–H and O–H groups in total. The summed E-state index contributed by atoms with van der Waals surface area (Å²) in [5.41, 5.74) is 0. The zero-order chi connectivity index (χ0) is 14.0. The molecule has 0 saturated carbocycles. The van der Waals surface area contributed by atoms with Gasteiger partial charge in [-0.25, -0.2) is 9.78 Å². The molecule has 19 heavy (non-hydrogen) atoms. The number of hydrogen-bond acceptors (Lipinski definition) is 6. The third kappa shape index (κ3) is 2.60. The van der Waals surface area contributed by atoms with Gasteiger partial charge >= 0.3 is 12.0 Å². The fourth-order valence-corrected chi connectivity index (χ4v) is 1.49. The van der Waals surface area contributed by atoms with Crippen LogP contribution in [-0.2, 0) is 0 Å². The summed E-state index contributed by atoms with van der Waals surface area (Å²) in [6, 6.07) is 3.88. The van der Waals surface area contributed by atoms with Crippen molar-refractivity contribution < 1.29 is 19.6 Å². The van der Waals surface area contributed by atoms with Gasteiger partial charge in [0.05, 0.1) is 10.1 Å². The molecule has 2 aromatic rings. The third-order valence-electron chi connectivity index (χ3n) is 1.98. The van der Waals surface area contributed by atoms with Crippen LogP contribution in [0.5, 0.6) is 5.88 Å². The normalized spacial score (nSPS) is 10.2. The number of carboxylic acid groups (broad SMARTS) is 1. The lowest BCUT2D eigenvalue weighted by atomic mass is 10.4. The molecule has 2 aromatic heterocycles. The van der Waals surface area contributed by atoms with Crippen LogP contribution < -0.4 is 4.74 Å². The van der Waals surface area contributed by atoms with Crippen molar-refractivity contribution >= 4 is 23.6 Å². The predicted octanol–water partition coefficient (Wildman–Crippen LogP) is 1.89. The van der Waals surface area contributed by atoms with E-state index in [4.69, 9.17) is 16.7 Å². The SMILES string of the molecule is O=C(O)Oc1cc([N+](=O)[O-])nn1-c1ncccc1Cl. The monoisotopic (exact) mass is 284 g/mol. The quantitative estimate of drug-likeness (QED) is 0.519. The molecule has 0 aliphatic rings. The van der Waals surface area contributed by atoms with E-state index in [9.17, 15) is 14.9 Å². The number of carbonyl (C=O) groups is 1. The van der Waals surface area contributed by atoms with Gasteiger partial charge in [0.25, 0.3) is 5.88 Å². The molecular formula is C9H5ClN4O5. The van der Waals surface area contributed by atoms with Gasteiger partial charge in [0.15, 0.2) is 5.82 Å². The summed E-state index contributed by atoms with van der Waals surface area (Å²) in [7, 11) is 0. The summed E-state index contributed by atoms with van der Waals surface area (Å²) in [6.07, 6.45) is -0.262. The molecule has 98 valence electrons. The van der Waals surface area contributed by atoms with E-state index < -0.39 is 16.9 Å². The van der Waals surface area contributed by atoms with Gasteiger partial charge in [-0.05, 0) is 17.1 Å². The van der Waals surface area contributed by atoms with E-state index in [1.54, 1.807) is 6.07 Å². The zero-order valence-electron chi connectivity index (χ0n) is 9.06. The average Bonchev–Trinajstić information content (AvgIpc) is 2.73. The second-order valence-corrected chi connectivity index (χ2v) is 3.59.